The Morgan fingerprint density at radius 2 is 2.10 bits per heavy atom. The van der Waals surface area contributed by atoms with Gasteiger partial charge in [-0.15, -0.1) is 0 Å². The van der Waals surface area contributed by atoms with Crippen LogP contribution in [-0.2, 0) is 16.0 Å². The van der Waals surface area contributed by atoms with E-state index in [2.05, 4.69) is 15.9 Å². The largest absolute Gasteiger partial charge is 0.465 e. The molecule has 0 aromatic heterocycles. The maximum absolute atomic E-state index is 12.9. The molecule has 0 amide bonds. The van der Waals surface area contributed by atoms with E-state index in [0.29, 0.717) is 25.0 Å². The highest BCUT2D eigenvalue weighted by atomic mass is 79.9. The standard InChI is InChI=1S/C17H21BrO3/c1-2-21-16(20)17(10-5-6-12-18)11-9-13-7-3-4-8-14(13)15(17)19/h3-4,7-8H,2,5-6,9-12H2,1H3. The van der Waals surface area contributed by atoms with Gasteiger partial charge in [-0.05, 0) is 38.2 Å². The van der Waals surface area contributed by atoms with Crippen LogP contribution in [0.1, 0.15) is 48.5 Å². The number of fused-ring (bicyclic) bond motifs is 1. The van der Waals surface area contributed by atoms with Crippen LogP contribution in [-0.4, -0.2) is 23.7 Å². The molecule has 4 heteroatoms. The monoisotopic (exact) mass is 352 g/mol. The van der Waals surface area contributed by atoms with Gasteiger partial charge < -0.3 is 4.74 Å². The van der Waals surface area contributed by atoms with Crippen LogP contribution in [0.2, 0.25) is 0 Å². The molecule has 1 aliphatic rings. The topological polar surface area (TPSA) is 43.4 Å². The number of ketones is 1. The number of hydrogen-bond acceptors (Lipinski definition) is 3. The summed E-state index contributed by atoms with van der Waals surface area (Å²) >= 11 is 3.40. The van der Waals surface area contributed by atoms with Gasteiger partial charge in [-0.3, -0.25) is 9.59 Å². The van der Waals surface area contributed by atoms with Gasteiger partial charge in [-0.2, -0.15) is 0 Å². The van der Waals surface area contributed by atoms with Gasteiger partial charge in [0.05, 0.1) is 6.61 Å². The molecule has 1 unspecified atom stereocenters. The van der Waals surface area contributed by atoms with Crippen molar-refractivity contribution in [3.05, 3.63) is 35.4 Å². The lowest BCUT2D eigenvalue weighted by molar-refractivity contribution is -0.153. The van der Waals surface area contributed by atoms with E-state index in [1.165, 1.54) is 0 Å². The van der Waals surface area contributed by atoms with Crippen LogP contribution in [0.3, 0.4) is 0 Å². The molecular formula is C17H21BrO3. The Bertz CT molecular complexity index is 527. The van der Waals surface area contributed by atoms with E-state index < -0.39 is 5.41 Å². The second-order valence-corrected chi connectivity index (χ2v) is 6.23. The van der Waals surface area contributed by atoms with Gasteiger partial charge in [-0.25, -0.2) is 0 Å². The molecule has 1 atom stereocenters. The summed E-state index contributed by atoms with van der Waals surface area (Å²) in [5, 5.41) is 0.886. The van der Waals surface area contributed by atoms with Crippen LogP contribution in [0.5, 0.6) is 0 Å². The molecule has 0 saturated carbocycles. The van der Waals surface area contributed by atoms with E-state index in [9.17, 15) is 9.59 Å². The lowest BCUT2D eigenvalue weighted by atomic mass is 9.68. The van der Waals surface area contributed by atoms with Crippen molar-refractivity contribution in [2.45, 2.75) is 39.0 Å². The first-order chi connectivity index (χ1) is 10.2. The van der Waals surface area contributed by atoms with Crippen molar-refractivity contribution in [2.75, 3.05) is 11.9 Å². The first-order valence-corrected chi connectivity index (χ1v) is 8.63. The molecule has 1 aromatic carbocycles. The number of esters is 1. The maximum Gasteiger partial charge on any atom is 0.320 e. The van der Waals surface area contributed by atoms with E-state index in [-0.39, 0.29) is 11.8 Å². The first-order valence-electron chi connectivity index (χ1n) is 7.51. The second-order valence-electron chi connectivity index (χ2n) is 5.43. The Hall–Kier alpha value is -1.16. The van der Waals surface area contributed by atoms with Crippen molar-refractivity contribution >= 4 is 27.7 Å². The number of alkyl halides is 1. The van der Waals surface area contributed by atoms with Gasteiger partial charge >= 0.3 is 5.97 Å². The van der Waals surface area contributed by atoms with Gasteiger partial charge in [0.1, 0.15) is 5.41 Å². The first kappa shape index (κ1) is 16.2. The third kappa shape index (κ3) is 3.20. The Labute approximate surface area is 134 Å². The summed E-state index contributed by atoms with van der Waals surface area (Å²) in [7, 11) is 0. The van der Waals surface area contributed by atoms with Crippen molar-refractivity contribution in [1.82, 2.24) is 0 Å². The minimum atomic E-state index is -0.980. The summed E-state index contributed by atoms with van der Waals surface area (Å²) in [6.07, 6.45) is 3.69. The summed E-state index contributed by atoms with van der Waals surface area (Å²) in [5.74, 6) is -0.406. The smallest absolute Gasteiger partial charge is 0.320 e. The molecule has 114 valence electrons. The average molecular weight is 353 g/mol. The minimum absolute atomic E-state index is 0.0580. The van der Waals surface area contributed by atoms with Crippen LogP contribution in [0.4, 0.5) is 0 Å². The van der Waals surface area contributed by atoms with Crippen molar-refractivity contribution in [3.8, 4) is 0 Å². The normalized spacial score (nSPS) is 21.0. The number of ether oxygens (including phenoxy) is 1. The molecule has 0 saturated heterocycles. The molecule has 0 aliphatic heterocycles. The fraction of sp³-hybridized carbons (Fsp3) is 0.529. The van der Waals surface area contributed by atoms with E-state index in [4.69, 9.17) is 4.74 Å². The van der Waals surface area contributed by atoms with Crippen LogP contribution < -0.4 is 0 Å². The molecule has 0 bridgehead atoms. The number of rotatable bonds is 6. The molecule has 21 heavy (non-hydrogen) atoms. The Balaban J connectivity index is 2.32. The Kier molecular flexibility index (Phi) is 5.57. The lowest BCUT2D eigenvalue weighted by Gasteiger charge is -2.34. The van der Waals surface area contributed by atoms with Crippen molar-refractivity contribution in [2.24, 2.45) is 5.41 Å². The molecule has 2 rings (SSSR count). The third-order valence-corrected chi connectivity index (χ3v) is 4.73. The maximum atomic E-state index is 12.9. The van der Waals surface area contributed by atoms with Crippen LogP contribution in [0.25, 0.3) is 0 Å². The molecule has 0 radical (unpaired) electrons. The average Bonchev–Trinajstić information content (AvgIpc) is 2.50. The molecule has 1 aliphatic carbocycles. The zero-order valence-electron chi connectivity index (χ0n) is 12.4. The lowest BCUT2D eigenvalue weighted by Crippen LogP contribution is -2.44. The van der Waals surface area contributed by atoms with Gasteiger partial charge in [0.15, 0.2) is 5.78 Å². The number of carbonyl (C=O) groups is 2. The number of unbranched alkanes of at least 4 members (excludes halogenated alkanes) is 1. The number of carbonyl (C=O) groups excluding carboxylic acids is 2. The SMILES string of the molecule is CCOC(=O)C1(CCCCBr)CCc2ccccc2C1=O. The highest BCUT2D eigenvalue weighted by Crippen LogP contribution is 2.40. The summed E-state index contributed by atoms with van der Waals surface area (Å²) in [6.45, 7) is 2.10. The number of aryl methyl sites for hydroxylation is 1. The number of Topliss-reactive ketones (excluding diaryl/α,β-unsaturated/α-hetero) is 1. The highest BCUT2D eigenvalue weighted by molar-refractivity contribution is 9.09. The third-order valence-electron chi connectivity index (χ3n) is 4.17. The molecular weight excluding hydrogens is 332 g/mol. The van der Waals surface area contributed by atoms with E-state index in [1.54, 1.807) is 6.92 Å². The predicted octanol–water partition coefficient (Wildman–Crippen LogP) is 3.93. The summed E-state index contributed by atoms with van der Waals surface area (Å²) in [6, 6.07) is 7.60. The number of hydrogen-bond donors (Lipinski definition) is 0. The quantitative estimate of drug-likeness (QED) is 0.337. The molecule has 1 aromatic rings. The van der Waals surface area contributed by atoms with Gasteiger partial charge in [-0.1, -0.05) is 46.6 Å². The molecule has 0 spiro atoms. The van der Waals surface area contributed by atoms with E-state index >= 15 is 0 Å². The summed E-state index contributed by atoms with van der Waals surface area (Å²) in [5.41, 5.74) is 0.755. The summed E-state index contributed by atoms with van der Waals surface area (Å²) in [4.78, 5) is 25.4. The van der Waals surface area contributed by atoms with Gasteiger partial charge in [0.2, 0.25) is 0 Å². The fourth-order valence-corrected chi connectivity index (χ4v) is 3.40. The molecule has 0 heterocycles. The van der Waals surface area contributed by atoms with Crippen LogP contribution in [0, 0.1) is 5.41 Å². The second kappa shape index (κ2) is 7.21. The predicted molar refractivity (Wildman–Crippen MR) is 85.8 cm³/mol. The molecule has 0 N–H and O–H groups in total. The van der Waals surface area contributed by atoms with Crippen molar-refractivity contribution in [3.63, 3.8) is 0 Å². The Morgan fingerprint density at radius 1 is 1.33 bits per heavy atom. The fourth-order valence-electron chi connectivity index (χ4n) is 3.01. The highest BCUT2D eigenvalue weighted by Gasteiger charge is 2.49. The van der Waals surface area contributed by atoms with Gasteiger partial charge in [0.25, 0.3) is 0 Å². The van der Waals surface area contributed by atoms with Crippen LogP contribution >= 0.6 is 15.9 Å². The van der Waals surface area contributed by atoms with E-state index in [0.717, 1.165) is 30.2 Å². The molecule has 0 fully saturated rings. The zero-order chi connectivity index (χ0) is 15.3. The zero-order valence-corrected chi connectivity index (χ0v) is 13.9. The summed E-state index contributed by atoms with van der Waals surface area (Å²) < 4.78 is 5.23. The van der Waals surface area contributed by atoms with E-state index in [1.807, 2.05) is 24.3 Å². The van der Waals surface area contributed by atoms with Crippen molar-refractivity contribution < 1.29 is 14.3 Å². The van der Waals surface area contributed by atoms with Crippen molar-refractivity contribution in [1.29, 1.82) is 0 Å². The molecule has 3 nitrogen and oxygen atoms in total. The number of halogens is 1. The van der Waals surface area contributed by atoms with Gasteiger partial charge in [0, 0.05) is 10.9 Å². The Morgan fingerprint density at radius 3 is 2.81 bits per heavy atom. The number of benzene rings is 1. The van der Waals surface area contributed by atoms with Crippen LogP contribution in [0.15, 0.2) is 24.3 Å². The minimum Gasteiger partial charge on any atom is -0.465 e.